The predicted molar refractivity (Wildman–Crippen MR) is 75.6 cm³/mol. The van der Waals surface area contributed by atoms with Gasteiger partial charge in [0.1, 0.15) is 0 Å². The molecule has 19 heavy (non-hydrogen) atoms. The van der Waals surface area contributed by atoms with Gasteiger partial charge in [-0.3, -0.25) is 9.78 Å². The molecule has 2 N–H and O–H groups in total. The molecule has 1 amide bonds. The lowest BCUT2D eigenvalue weighted by Gasteiger charge is -2.31. The molecule has 1 aliphatic rings. The van der Waals surface area contributed by atoms with E-state index in [1.807, 2.05) is 23.2 Å². The Morgan fingerprint density at radius 1 is 1.58 bits per heavy atom. The summed E-state index contributed by atoms with van der Waals surface area (Å²) in [7, 11) is 0. The number of nitrogens with zero attached hydrogens (tertiary/aromatic N) is 2. The van der Waals surface area contributed by atoms with Crippen molar-refractivity contribution >= 4 is 5.91 Å². The lowest BCUT2D eigenvalue weighted by Crippen LogP contribution is -2.42. The van der Waals surface area contributed by atoms with Crippen molar-refractivity contribution < 1.29 is 4.79 Å². The van der Waals surface area contributed by atoms with Gasteiger partial charge in [0.2, 0.25) is 5.91 Å². The molecule has 1 unspecified atom stereocenters. The Hall–Kier alpha value is -1.42. The summed E-state index contributed by atoms with van der Waals surface area (Å²) in [4.78, 5) is 18.3. The largest absolute Gasteiger partial charge is 0.336 e. The minimum atomic E-state index is -0.0925. The van der Waals surface area contributed by atoms with Crippen molar-refractivity contribution in [2.45, 2.75) is 51.1 Å². The van der Waals surface area contributed by atoms with Crippen LogP contribution in [-0.4, -0.2) is 33.9 Å². The second-order valence-corrected chi connectivity index (χ2v) is 6.00. The smallest absolute Gasteiger partial charge is 0.223 e. The van der Waals surface area contributed by atoms with Gasteiger partial charge in [0, 0.05) is 36.9 Å². The third kappa shape index (κ3) is 3.53. The van der Waals surface area contributed by atoms with Crippen LogP contribution >= 0.6 is 0 Å². The van der Waals surface area contributed by atoms with E-state index in [1.54, 1.807) is 6.20 Å². The molecule has 1 aliphatic heterocycles. The molecule has 4 nitrogen and oxygen atoms in total. The van der Waals surface area contributed by atoms with Crippen LogP contribution in [-0.2, 0) is 11.2 Å². The molecule has 104 valence electrons. The zero-order valence-corrected chi connectivity index (χ0v) is 11.8. The van der Waals surface area contributed by atoms with Crippen LogP contribution in [0.2, 0.25) is 0 Å². The first kappa shape index (κ1) is 14.0. The van der Waals surface area contributed by atoms with Crippen LogP contribution in [0.4, 0.5) is 0 Å². The van der Waals surface area contributed by atoms with Crippen LogP contribution in [0, 0.1) is 0 Å². The molecule has 0 bridgehead atoms. The first-order valence-corrected chi connectivity index (χ1v) is 6.94. The molecule has 0 spiro atoms. The van der Waals surface area contributed by atoms with Crippen molar-refractivity contribution in [3.63, 3.8) is 0 Å². The average Bonchev–Trinajstić information content (AvgIpc) is 2.64. The number of hydrogen-bond donors (Lipinski definition) is 1. The molecule has 1 aromatic heterocycles. The van der Waals surface area contributed by atoms with Crippen LogP contribution in [0.5, 0.6) is 0 Å². The number of aromatic nitrogens is 1. The zero-order valence-electron chi connectivity index (χ0n) is 11.8. The number of nitrogens with two attached hydrogens (primary N) is 1. The average molecular weight is 261 g/mol. The quantitative estimate of drug-likeness (QED) is 0.898. The molecule has 1 aromatic rings. The van der Waals surface area contributed by atoms with Crippen molar-refractivity contribution in [3.05, 3.63) is 30.1 Å². The number of pyridine rings is 1. The molecule has 1 fully saturated rings. The van der Waals surface area contributed by atoms with Gasteiger partial charge < -0.3 is 10.6 Å². The third-order valence-corrected chi connectivity index (χ3v) is 3.79. The lowest BCUT2D eigenvalue weighted by atomic mass is 10.00. The normalized spacial score (nSPS) is 21.6. The molecule has 0 saturated carbocycles. The fourth-order valence-electron chi connectivity index (χ4n) is 2.86. The highest BCUT2D eigenvalue weighted by atomic mass is 16.2. The first-order chi connectivity index (χ1) is 8.99. The fraction of sp³-hybridized carbons (Fsp3) is 0.600. The highest BCUT2D eigenvalue weighted by Gasteiger charge is 2.39. The Morgan fingerprint density at radius 3 is 2.95 bits per heavy atom. The van der Waals surface area contributed by atoms with E-state index in [0.717, 1.165) is 19.3 Å². The van der Waals surface area contributed by atoms with Crippen LogP contribution < -0.4 is 5.73 Å². The van der Waals surface area contributed by atoms with Gasteiger partial charge in [-0.05, 0) is 44.7 Å². The van der Waals surface area contributed by atoms with E-state index in [4.69, 9.17) is 5.73 Å². The molecule has 0 radical (unpaired) electrons. The summed E-state index contributed by atoms with van der Waals surface area (Å²) in [5, 5.41) is 0. The maximum absolute atomic E-state index is 12.3. The van der Waals surface area contributed by atoms with Gasteiger partial charge in [0.05, 0.1) is 0 Å². The maximum Gasteiger partial charge on any atom is 0.223 e. The van der Waals surface area contributed by atoms with E-state index >= 15 is 0 Å². The van der Waals surface area contributed by atoms with Crippen molar-refractivity contribution in [1.29, 1.82) is 0 Å². The van der Waals surface area contributed by atoms with Crippen molar-refractivity contribution in [1.82, 2.24) is 9.88 Å². The Morgan fingerprint density at radius 2 is 2.37 bits per heavy atom. The Kier molecular flexibility index (Phi) is 4.20. The zero-order chi connectivity index (χ0) is 13.9. The second kappa shape index (κ2) is 5.70. The summed E-state index contributed by atoms with van der Waals surface area (Å²) in [5.74, 6) is 0.224. The minimum absolute atomic E-state index is 0.0925. The fourth-order valence-corrected chi connectivity index (χ4v) is 2.86. The number of aryl methyl sites for hydroxylation is 1. The van der Waals surface area contributed by atoms with Crippen molar-refractivity contribution in [2.24, 2.45) is 5.73 Å². The summed E-state index contributed by atoms with van der Waals surface area (Å²) in [6.45, 7) is 4.89. The third-order valence-electron chi connectivity index (χ3n) is 3.79. The molecule has 1 saturated heterocycles. The molecule has 2 rings (SSSR count). The number of carbonyl (C=O) groups excluding carboxylic acids is 1. The van der Waals surface area contributed by atoms with Crippen LogP contribution in [0.25, 0.3) is 0 Å². The van der Waals surface area contributed by atoms with Gasteiger partial charge in [-0.2, -0.15) is 0 Å². The van der Waals surface area contributed by atoms with Crippen LogP contribution in [0.15, 0.2) is 24.5 Å². The van der Waals surface area contributed by atoms with E-state index in [1.165, 1.54) is 5.56 Å². The number of carbonyl (C=O) groups is 1. The van der Waals surface area contributed by atoms with Crippen molar-refractivity contribution in [3.8, 4) is 0 Å². The summed E-state index contributed by atoms with van der Waals surface area (Å²) < 4.78 is 0. The number of hydrogen-bond acceptors (Lipinski definition) is 3. The van der Waals surface area contributed by atoms with E-state index in [0.29, 0.717) is 13.0 Å². The summed E-state index contributed by atoms with van der Waals surface area (Å²) >= 11 is 0. The molecular formula is C15H23N3O. The summed E-state index contributed by atoms with van der Waals surface area (Å²) in [6, 6.07) is 4.10. The van der Waals surface area contributed by atoms with Gasteiger partial charge in [-0.15, -0.1) is 0 Å². The molecule has 0 aliphatic carbocycles. The van der Waals surface area contributed by atoms with E-state index in [-0.39, 0.29) is 17.5 Å². The number of likely N-dealkylation sites (tertiary alicyclic amines) is 1. The van der Waals surface area contributed by atoms with E-state index in [9.17, 15) is 4.79 Å². The Bertz CT molecular complexity index is 430. The van der Waals surface area contributed by atoms with Crippen LogP contribution in [0.3, 0.4) is 0 Å². The second-order valence-electron chi connectivity index (χ2n) is 6.00. The van der Waals surface area contributed by atoms with Crippen molar-refractivity contribution in [2.75, 3.05) is 6.54 Å². The van der Waals surface area contributed by atoms with E-state index < -0.39 is 0 Å². The monoisotopic (exact) mass is 261 g/mol. The predicted octanol–water partition coefficient (Wildman–Crippen LogP) is 1.74. The Labute approximate surface area is 115 Å². The van der Waals surface area contributed by atoms with Gasteiger partial charge in [0.15, 0.2) is 0 Å². The first-order valence-electron chi connectivity index (χ1n) is 6.94. The standard InChI is InChI=1S/C15H23N3O/c1-15(2)9-13(16)11-18(15)14(19)7-3-5-12-6-4-8-17-10-12/h4,6,8,10,13H,3,5,7,9,11,16H2,1-2H3. The molecule has 1 atom stereocenters. The summed E-state index contributed by atoms with van der Waals surface area (Å²) in [6.07, 6.45) is 6.88. The van der Waals surface area contributed by atoms with Gasteiger partial charge >= 0.3 is 0 Å². The number of rotatable bonds is 4. The highest BCUT2D eigenvalue weighted by molar-refractivity contribution is 5.77. The maximum atomic E-state index is 12.3. The SMILES string of the molecule is CC1(C)CC(N)CN1C(=O)CCCc1cccnc1. The number of amides is 1. The summed E-state index contributed by atoms with van der Waals surface area (Å²) in [5.41, 5.74) is 7.05. The van der Waals surface area contributed by atoms with Gasteiger partial charge in [0.25, 0.3) is 0 Å². The van der Waals surface area contributed by atoms with Gasteiger partial charge in [-0.25, -0.2) is 0 Å². The highest BCUT2D eigenvalue weighted by Crippen LogP contribution is 2.28. The Balaban J connectivity index is 1.82. The topological polar surface area (TPSA) is 59.2 Å². The molecule has 0 aromatic carbocycles. The molecular weight excluding hydrogens is 238 g/mol. The van der Waals surface area contributed by atoms with E-state index in [2.05, 4.69) is 18.8 Å². The minimum Gasteiger partial charge on any atom is -0.336 e. The molecule has 4 heteroatoms. The van der Waals surface area contributed by atoms with Crippen LogP contribution in [0.1, 0.15) is 38.7 Å². The lowest BCUT2D eigenvalue weighted by molar-refractivity contribution is -0.134. The van der Waals surface area contributed by atoms with Gasteiger partial charge in [-0.1, -0.05) is 6.07 Å². The molecule has 2 heterocycles.